The van der Waals surface area contributed by atoms with Gasteiger partial charge in [0, 0.05) is 44.0 Å². The van der Waals surface area contributed by atoms with Crippen LogP contribution < -0.4 is 19.9 Å². The van der Waals surface area contributed by atoms with Gasteiger partial charge in [-0.05, 0) is 50.3 Å². The molecule has 0 unspecified atom stereocenters. The number of pyridine rings is 2. The molecule has 3 aromatic rings. The van der Waals surface area contributed by atoms with Gasteiger partial charge in [-0.3, -0.25) is 9.78 Å². The Balaban J connectivity index is 1.14. The second-order valence-electron chi connectivity index (χ2n) is 9.20. The Kier molecular flexibility index (Phi) is 5.04. The normalized spacial score (nSPS) is 19.1. The van der Waals surface area contributed by atoms with Crippen molar-refractivity contribution in [2.75, 3.05) is 28.7 Å². The third kappa shape index (κ3) is 3.81. The second-order valence-corrected chi connectivity index (χ2v) is 9.20. The van der Waals surface area contributed by atoms with Gasteiger partial charge < -0.3 is 19.9 Å². The van der Waals surface area contributed by atoms with Crippen molar-refractivity contribution in [3.05, 3.63) is 53.6 Å². The van der Waals surface area contributed by atoms with E-state index in [9.17, 15) is 4.79 Å². The van der Waals surface area contributed by atoms with E-state index in [1.165, 1.54) is 12.8 Å². The molecule has 1 N–H and O–H groups in total. The van der Waals surface area contributed by atoms with Gasteiger partial charge in [0.05, 0.1) is 11.9 Å². The molecule has 0 saturated heterocycles. The standard InChI is InChI=1S/C25H27N7O2/c1-15-24(33)32-11-3-4-20-22(32)23(31(15)2)30-25(29-20)28-13-16-5-10-21(27-12-16)34-18-8-9-19(26-14-18)17-6-7-17/h5,8-10,12,14-15,17H,3-4,6-7,11,13H2,1-2H3,(H,28,29,30)/t15-/m0/s1. The lowest BCUT2D eigenvalue weighted by Gasteiger charge is -2.41. The van der Waals surface area contributed by atoms with Crippen molar-refractivity contribution in [1.29, 1.82) is 0 Å². The summed E-state index contributed by atoms with van der Waals surface area (Å²) in [5.74, 6) is 3.32. The zero-order chi connectivity index (χ0) is 23.2. The number of likely N-dealkylation sites (N-methyl/N-ethyl adjacent to an activating group) is 1. The summed E-state index contributed by atoms with van der Waals surface area (Å²) in [5, 5.41) is 3.32. The molecule has 174 valence electrons. The van der Waals surface area contributed by atoms with Crippen molar-refractivity contribution < 1.29 is 9.53 Å². The van der Waals surface area contributed by atoms with Gasteiger partial charge in [-0.15, -0.1) is 0 Å². The first-order chi connectivity index (χ1) is 16.6. The molecular weight excluding hydrogens is 430 g/mol. The molecule has 1 atom stereocenters. The number of hydrogen-bond acceptors (Lipinski definition) is 8. The van der Waals surface area contributed by atoms with E-state index in [1.54, 1.807) is 12.4 Å². The number of amides is 1. The van der Waals surface area contributed by atoms with Crippen LogP contribution in [0.4, 0.5) is 17.5 Å². The molecule has 9 heteroatoms. The highest BCUT2D eigenvalue weighted by Gasteiger charge is 2.38. The van der Waals surface area contributed by atoms with E-state index in [0.29, 0.717) is 30.0 Å². The Morgan fingerprint density at radius 1 is 1.12 bits per heavy atom. The molecule has 1 saturated carbocycles. The molecule has 0 spiro atoms. The van der Waals surface area contributed by atoms with Gasteiger partial charge in [0.2, 0.25) is 17.7 Å². The maximum Gasteiger partial charge on any atom is 0.249 e. The van der Waals surface area contributed by atoms with E-state index in [-0.39, 0.29) is 11.9 Å². The largest absolute Gasteiger partial charge is 0.437 e. The zero-order valence-corrected chi connectivity index (χ0v) is 19.4. The molecule has 2 aliphatic heterocycles. The van der Waals surface area contributed by atoms with Crippen LogP contribution in [-0.4, -0.2) is 45.5 Å². The summed E-state index contributed by atoms with van der Waals surface area (Å²) in [7, 11) is 1.92. The topological polar surface area (TPSA) is 96.4 Å². The summed E-state index contributed by atoms with van der Waals surface area (Å²) >= 11 is 0. The minimum atomic E-state index is -0.238. The maximum absolute atomic E-state index is 12.7. The molecule has 3 aliphatic rings. The van der Waals surface area contributed by atoms with Crippen molar-refractivity contribution in [1.82, 2.24) is 19.9 Å². The molecule has 0 bridgehead atoms. The van der Waals surface area contributed by atoms with Crippen LogP contribution in [0.5, 0.6) is 11.6 Å². The highest BCUT2D eigenvalue weighted by atomic mass is 16.5. The van der Waals surface area contributed by atoms with E-state index in [0.717, 1.165) is 47.8 Å². The van der Waals surface area contributed by atoms with Gasteiger partial charge in [0.1, 0.15) is 17.5 Å². The first kappa shape index (κ1) is 20.8. The molecule has 1 aliphatic carbocycles. The average molecular weight is 458 g/mol. The predicted molar refractivity (Wildman–Crippen MR) is 128 cm³/mol. The molecule has 9 nitrogen and oxygen atoms in total. The second kappa shape index (κ2) is 8.23. The Labute approximate surface area is 198 Å². The number of rotatable bonds is 6. The smallest absolute Gasteiger partial charge is 0.249 e. The SMILES string of the molecule is C[C@H]1C(=O)N2CCCc3nc(NCc4ccc(Oc5ccc(C6CC6)nc5)nc4)nc(c32)N1C. The lowest BCUT2D eigenvalue weighted by atomic mass is 10.0. The van der Waals surface area contributed by atoms with Gasteiger partial charge >= 0.3 is 0 Å². The van der Waals surface area contributed by atoms with Crippen molar-refractivity contribution in [3.63, 3.8) is 0 Å². The van der Waals surface area contributed by atoms with Gasteiger partial charge in [0.25, 0.3) is 0 Å². The van der Waals surface area contributed by atoms with Crippen molar-refractivity contribution in [2.24, 2.45) is 0 Å². The van der Waals surface area contributed by atoms with Gasteiger partial charge in [-0.25, -0.2) is 9.97 Å². The van der Waals surface area contributed by atoms with Gasteiger partial charge in [0.15, 0.2) is 5.82 Å². The number of aromatic nitrogens is 4. The molecule has 3 aromatic heterocycles. The lowest BCUT2D eigenvalue weighted by Crippen LogP contribution is -2.53. The fourth-order valence-corrected chi connectivity index (χ4v) is 4.53. The molecule has 6 rings (SSSR count). The number of nitrogens with one attached hydrogen (secondary N) is 1. The highest BCUT2D eigenvalue weighted by Crippen LogP contribution is 2.40. The summed E-state index contributed by atoms with van der Waals surface area (Å²) < 4.78 is 5.83. The van der Waals surface area contributed by atoms with Crippen LogP contribution in [-0.2, 0) is 17.8 Å². The predicted octanol–water partition coefficient (Wildman–Crippen LogP) is 3.67. The van der Waals surface area contributed by atoms with Crippen LogP contribution in [0, 0.1) is 0 Å². The van der Waals surface area contributed by atoms with Crippen LogP contribution in [0.15, 0.2) is 36.7 Å². The quantitative estimate of drug-likeness (QED) is 0.599. The molecular formula is C25H27N7O2. The maximum atomic E-state index is 12.7. The van der Waals surface area contributed by atoms with Crippen LogP contribution in [0.1, 0.15) is 49.1 Å². The number of hydrogen-bond donors (Lipinski definition) is 1. The number of carbonyl (C=O) groups is 1. The van der Waals surface area contributed by atoms with E-state index >= 15 is 0 Å². The number of anilines is 3. The van der Waals surface area contributed by atoms with Crippen molar-refractivity contribution in [2.45, 2.75) is 51.1 Å². The Bertz CT molecular complexity index is 1230. The van der Waals surface area contributed by atoms with E-state index in [4.69, 9.17) is 14.7 Å². The number of aryl methyl sites for hydroxylation is 1. The highest BCUT2D eigenvalue weighted by molar-refractivity contribution is 6.05. The van der Waals surface area contributed by atoms with E-state index in [1.807, 2.05) is 48.0 Å². The summed E-state index contributed by atoms with van der Waals surface area (Å²) in [6.45, 7) is 3.18. The monoisotopic (exact) mass is 457 g/mol. The third-order valence-electron chi connectivity index (χ3n) is 6.77. The number of carbonyl (C=O) groups excluding carboxylic acids is 1. The fourth-order valence-electron chi connectivity index (χ4n) is 4.53. The average Bonchev–Trinajstić information content (AvgIpc) is 3.71. The molecule has 0 radical (unpaired) electrons. The Morgan fingerprint density at radius 3 is 2.74 bits per heavy atom. The fraction of sp³-hybridized carbons (Fsp3) is 0.400. The summed E-state index contributed by atoms with van der Waals surface area (Å²) in [6, 6.07) is 7.56. The minimum Gasteiger partial charge on any atom is -0.437 e. The van der Waals surface area contributed by atoms with Gasteiger partial charge in [-0.2, -0.15) is 4.98 Å². The molecule has 34 heavy (non-hydrogen) atoms. The first-order valence-electron chi connectivity index (χ1n) is 11.8. The summed E-state index contributed by atoms with van der Waals surface area (Å²) in [6.07, 6.45) is 7.76. The van der Waals surface area contributed by atoms with E-state index < -0.39 is 0 Å². The molecule has 0 aromatic carbocycles. The van der Waals surface area contributed by atoms with Crippen LogP contribution in [0.3, 0.4) is 0 Å². The van der Waals surface area contributed by atoms with Crippen molar-refractivity contribution in [3.8, 4) is 11.6 Å². The Morgan fingerprint density at radius 2 is 2.00 bits per heavy atom. The lowest BCUT2D eigenvalue weighted by molar-refractivity contribution is -0.119. The third-order valence-corrected chi connectivity index (χ3v) is 6.77. The first-order valence-corrected chi connectivity index (χ1v) is 11.8. The van der Waals surface area contributed by atoms with Gasteiger partial charge in [-0.1, -0.05) is 6.07 Å². The summed E-state index contributed by atoms with van der Waals surface area (Å²) in [4.78, 5) is 34.8. The van der Waals surface area contributed by atoms with Crippen molar-refractivity contribution >= 4 is 23.4 Å². The summed E-state index contributed by atoms with van der Waals surface area (Å²) in [5.41, 5.74) is 3.92. The number of nitrogens with zero attached hydrogens (tertiary/aromatic N) is 6. The molecule has 5 heterocycles. The van der Waals surface area contributed by atoms with Crippen LogP contribution in [0.25, 0.3) is 0 Å². The zero-order valence-electron chi connectivity index (χ0n) is 19.4. The molecule has 1 fully saturated rings. The van der Waals surface area contributed by atoms with E-state index in [2.05, 4.69) is 15.3 Å². The van der Waals surface area contributed by atoms with Crippen LogP contribution >= 0.6 is 0 Å². The Hall–Kier alpha value is -3.75. The molecule has 1 amide bonds. The minimum absolute atomic E-state index is 0.114. The number of ether oxygens (including phenoxy) is 1. The van der Waals surface area contributed by atoms with Crippen LogP contribution in [0.2, 0.25) is 0 Å².